The first-order valence-electron chi connectivity index (χ1n) is 4.98. The van der Waals surface area contributed by atoms with E-state index >= 15 is 0 Å². The minimum atomic E-state index is 0.0225. The second-order valence-electron chi connectivity index (χ2n) is 3.65. The molecule has 1 aliphatic carbocycles. The number of carbonyl (C=O) groups is 1. The minimum absolute atomic E-state index is 0.0225. The number of hydrogen-bond acceptors (Lipinski definition) is 2. The molecule has 0 amide bonds. The first-order valence-corrected chi connectivity index (χ1v) is 4.98. The van der Waals surface area contributed by atoms with Gasteiger partial charge in [0.15, 0.2) is 0 Å². The Morgan fingerprint density at radius 2 is 2.14 bits per heavy atom. The molecule has 0 radical (unpaired) electrons. The Morgan fingerprint density at radius 1 is 1.36 bits per heavy atom. The smallest absolute Gasteiger partial charge is 0.254 e. The number of hydrogen-bond donors (Lipinski definition) is 0. The summed E-state index contributed by atoms with van der Waals surface area (Å²) in [6.07, 6.45) is 6.62. The van der Waals surface area contributed by atoms with Crippen LogP contribution in [0.5, 0.6) is 0 Å². The van der Waals surface area contributed by atoms with Crippen molar-refractivity contribution in [3.8, 4) is 0 Å². The predicted molar refractivity (Wildman–Crippen MR) is 53.4 cm³/mol. The third-order valence-electron chi connectivity index (χ3n) is 2.76. The van der Waals surface area contributed by atoms with Gasteiger partial charge < -0.3 is 9.36 Å². The quantitative estimate of drug-likeness (QED) is 0.652. The standard InChI is InChI=1S/C11H13NO2/c13-8-7-12-6-5-9-3-1-2-4-10(9)11(12)14/h5-6,8H,1-4,7H2. The van der Waals surface area contributed by atoms with Crippen molar-refractivity contribution >= 4 is 6.29 Å². The van der Waals surface area contributed by atoms with Crippen LogP contribution in [0.4, 0.5) is 0 Å². The van der Waals surface area contributed by atoms with Crippen LogP contribution in [0.1, 0.15) is 24.0 Å². The molecular formula is C11H13NO2. The third-order valence-corrected chi connectivity index (χ3v) is 2.76. The Labute approximate surface area is 82.4 Å². The molecule has 1 aromatic rings. The van der Waals surface area contributed by atoms with E-state index in [4.69, 9.17) is 0 Å². The highest BCUT2D eigenvalue weighted by Gasteiger charge is 2.13. The molecule has 3 heteroatoms. The summed E-state index contributed by atoms with van der Waals surface area (Å²) in [5.74, 6) is 0. The van der Waals surface area contributed by atoms with E-state index in [0.29, 0.717) is 0 Å². The molecule has 0 saturated heterocycles. The topological polar surface area (TPSA) is 39.1 Å². The van der Waals surface area contributed by atoms with Crippen molar-refractivity contribution in [2.24, 2.45) is 0 Å². The largest absolute Gasteiger partial charge is 0.308 e. The van der Waals surface area contributed by atoms with Gasteiger partial charge in [-0.05, 0) is 37.3 Å². The SMILES string of the molecule is O=CCn1ccc2c(c1=O)CCCC2. The lowest BCUT2D eigenvalue weighted by Gasteiger charge is -2.15. The monoisotopic (exact) mass is 191 g/mol. The van der Waals surface area contributed by atoms with Crippen molar-refractivity contribution in [2.45, 2.75) is 32.2 Å². The number of aryl methyl sites for hydroxylation is 1. The van der Waals surface area contributed by atoms with Crippen LogP contribution in [0.25, 0.3) is 0 Å². The first kappa shape index (κ1) is 9.19. The molecule has 1 aliphatic rings. The summed E-state index contributed by atoms with van der Waals surface area (Å²) in [5.41, 5.74) is 2.11. The zero-order chi connectivity index (χ0) is 9.97. The van der Waals surface area contributed by atoms with Crippen molar-refractivity contribution < 1.29 is 4.79 Å². The molecule has 0 fully saturated rings. The summed E-state index contributed by atoms with van der Waals surface area (Å²) in [6, 6.07) is 1.97. The normalized spacial score (nSPS) is 14.9. The van der Waals surface area contributed by atoms with Crippen LogP contribution in [-0.2, 0) is 24.2 Å². The second kappa shape index (κ2) is 3.78. The Balaban J connectivity index is 2.48. The van der Waals surface area contributed by atoms with Gasteiger partial charge in [-0.25, -0.2) is 0 Å². The van der Waals surface area contributed by atoms with Crippen LogP contribution in [-0.4, -0.2) is 10.9 Å². The lowest BCUT2D eigenvalue weighted by molar-refractivity contribution is -0.108. The van der Waals surface area contributed by atoms with Gasteiger partial charge in [-0.3, -0.25) is 4.79 Å². The van der Waals surface area contributed by atoms with Gasteiger partial charge in [0.25, 0.3) is 5.56 Å². The molecule has 0 atom stereocenters. The predicted octanol–water partition coefficient (Wildman–Crippen LogP) is 0.926. The summed E-state index contributed by atoms with van der Waals surface area (Å²) in [7, 11) is 0. The van der Waals surface area contributed by atoms with Gasteiger partial charge in [0.2, 0.25) is 0 Å². The third kappa shape index (κ3) is 1.50. The lowest BCUT2D eigenvalue weighted by atomic mass is 9.93. The Kier molecular flexibility index (Phi) is 2.48. The van der Waals surface area contributed by atoms with E-state index in [2.05, 4.69) is 0 Å². The molecule has 0 unspecified atom stereocenters. The average Bonchev–Trinajstić information content (AvgIpc) is 2.23. The van der Waals surface area contributed by atoms with E-state index in [9.17, 15) is 9.59 Å². The van der Waals surface area contributed by atoms with Crippen molar-refractivity contribution in [2.75, 3.05) is 0 Å². The highest BCUT2D eigenvalue weighted by molar-refractivity contribution is 5.49. The number of nitrogens with zero attached hydrogens (tertiary/aromatic N) is 1. The van der Waals surface area contributed by atoms with Gasteiger partial charge in [-0.2, -0.15) is 0 Å². The molecule has 0 aliphatic heterocycles. The van der Waals surface area contributed by atoms with E-state index in [1.807, 2.05) is 6.07 Å². The zero-order valence-corrected chi connectivity index (χ0v) is 8.03. The van der Waals surface area contributed by atoms with Crippen LogP contribution < -0.4 is 5.56 Å². The molecular weight excluding hydrogens is 178 g/mol. The molecule has 0 spiro atoms. The fourth-order valence-corrected chi connectivity index (χ4v) is 2.00. The Bertz CT molecular complexity index is 406. The highest BCUT2D eigenvalue weighted by atomic mass is 16.1. The molecule has 3 nitrogen and oxygen atoms in total. The summed E-state index contributed by atoms with van der Waals surface area (Å²) in [4.78, 5) is 22.1. The van der Waals surface area contributed by atoms with Gasteiger partial charge in [0.05, 0.1) is 6.54 Å². The van der Waals surface area contributed by atoms with Crippen molar-refractivity contribution in [1.82, 2.24) is 4.57 Å². The van der Waals surface area contributed by atoms with Crippen molar-refractivity contribution in [3.05, 3.63) is 33.7 Å². The minimum Gasteiger partial charge on any atom is -0.308 e. The molecule has 0 bridgehead atoms. The fourth-order valence-electron chi connectivity index (χ4n) is 2.00. The molecule has 14 heavy (non-hydrogen) atoms. The summed E-state index contributed by atoms with van der Waals surface area (Å²) in [6.45, 7) is 0.173. The maximum absolute atomic E-state index is 11.8. The van der Waals surface area contributed by atoms with Gasteiger partial charge >= 0.3 is 0 Å². The van der Waals surface area contributed by atoms with E-state index < -0.39 is 0 Å². The van der Waals surface area contributed by atoms with Crippen LogP contribution in [0.2, 0.25) is 0 Å². The number of fused-ring (bicyclic) bond motifs is 1. The van der Waals surface area contributed by atoms with Gasteiger partial charge in [0.1, 0.15) is 6.29 Å². The van der Waals surface area contributed by atoms with E-state index in [1.165, 1.54) is 16.6 Å². The summed E-state index contributed by atoms with van der Waals surface area (Å²) >= 11 is 0. The van der Waals surface area contributed by atoms with E-state index in [-0.39, 0.29) is 12.1 Å². The molecule has 1 aromatic heterocycles. The van der Waals surface area contributed by atoms with E-state index in [0.717, 1.165) is 31.1 Å². The maximum atomic E-state index is 11.8. The Hall–Kier alpha value is -1.38. The lowest BCUT2D eigenvalue weighted by Crippen LogP contribution is -2.26. The molecule has 2 rings (SSSR count). The van der Waals surface area contributed by atoms with Gasteiger partial charge in [-0.1, -0.05) is 0 Å². The first-order chi connectivity index (χ1) is 6.83. The number of aldehydes is 1. The van der Waals surface area contributed by atoms with E-state index in [1.54, 1.807) is 6.20 Å². The summed E-state index contributed by atoms with van der Waals surface area (Å²) < 4.78 is 1.48. The van der Waals surface area contributed by atoms with Crippen LogP contribution >= 0.6 is 0 Å². The van der Waals surface area contributed by atoms with Gasteiger partial charge in [0, 0.05) is 11.8 Å². The zero-order valence-electron chi connectivity index (χ0n) is 8.03. The van der Waals surface area contributed by atoms with Gasteiger partial charge in [-0.15, -0.1) is 0 Å². The molecule has 0 N–H and O–H groups in total. The highest BCUT2D eigenvalue weighted by Crippen LogP contribution is 2.17. The molecule has 74 valence electrons. The molecule has 0 aromatic carbocycles. The molecule has 0 saturated carbocycles. The molecule has 1 heterocycles. The van der Waals surface area contributed by atoms with Crippen LogP contribution in [0, 0.1) is 0 Å². The summed E-state index contributed by atoms with van der Waals surface area (Å²) in [5, 5.41) is 0. The van der Waals surface area contributed by atoms with Crippen molar-refractivity contribution in [1.29, 1.82) is 0 Å². The van der Waals surface area contributed by atoms with Crippen molar-refractivity contribution in [3.63, 3.8) is 0 Å². The number of aromatic nitrogens is 1. The number of rotatable bonds is 2. The second-order valence-corrected chi connectivity index (χ2v) is 3.65. The van der Waals surface area contributed by atoms with Crippen LogP contribution in [0.15, 0.2) is 17.1 Å². The average molecular weight is 191 g/mol. The number of pyridine rings is 1. The Morgan fingerprint density at radius 3 is 2.93 bits per heavy atom. The fraction of sp³-hybridized carbons (Fsp3) is 0.455. The number of carbonyl (C=O) groups excluding carboxylic acids is 1. The maximum Gasteiger partial charge on any atom is 0.254 e. The van der Waals surface area contributed by atoms with Crippen LogP contribution in [0.3, 0.4) is 0 Å².